The number of nitrogens with zero attached hydrogens (tertiary/aromatic N) is 3. The van der Waals surface area contributed by atoms with Crippen molar-refractivity contribution in [2.45, 2.75) is 0 Å². The number of hydrogen-bond donors (Lipinski definition) is 1. The van der Waals surface area contributed by atoms with Crippen molar-refractivity contribution >= 4 is 11.5 Å². The first-order valence-electron chi connectivity index (χ1n) is 6.66. The van der Waals surface area contributed by atoms with Crippen LogP contribution in [0.15, 0.2) is 29.3 Å². The highest BCUT2D eigenvalue weighted by Crippen LogP contribution is 2.22. The van der Waals surface area contributed by atoms with E-state index in [4.69, 9.17) is 0 Å². The molecule has 4 heteroatoms. The molecule has 0 unspecified atom stereocenters. The third-order valence-electron chi connectivity index (χ3n) is 3.68. The SMILES string of the molecule is CN1CCN(c2ccccc2C2=NCCN2)CC1. The fourth-order valence-electron chi connectivity index (χ4n) is 2.58. The van der Waals surface area contributed by atoms with Crippen LogP contribution in [-0.2, 0) is 0 Å². The van der Waals surface area contributed by atoms with E-state index in [9.17, 15) is 0 Å². The van der Waals surface area contributed by atoms with E-state index in [2.05, 4.69) is 51.4 Å². The van der Waals surface area contributed by atoms with Gasteiger partial charge in [-0.3, -0.25) is 4.99 Å². The van der Waals surface area contributed by atoms with E-state index in [0.29, 0.717) is 0 Å². The largest absolute Gasteiger partial charge is 0.368 e. The van der Waals surface area contributed by atoms with E-state index in [0.717, 1.165) is 45.1 Å². The van der Waals surface area contributed by atoms with Crippen LogP contribution in [0.4, 0.5) is 5.69 Å². The van der Waals surface area contributed by atoms with Crippen molar-refractivity contribution in [2.75, 3.05) is 51.2 Å². The molecule has 0 atom stereocenters. The van der Waals surface area contributed by atoms with Crippen LogP contribution in [0.25, 0.3) is 0 Å². The number of benzene rings is 1. The highest BCUT2D eigenvalue weighted by molar-refractivity contribution is 6.04. The van der Waals surface area contributed by atoms with Crippen LogP contribution in [0.2, 0.25) is 0 Å². The van der Waals surface area contributed by atoms with Gasteiger partial charge in [0.05, 0.1) is 6.54 Å². The third-order valence-corrected chi connectivity index (χ3v) is 3.68. The molecule has 0 spiro atoms. The number of rotatable bonds is 2. The maximum Gasteiger partial charge on any atom is 0.130 e. The zero-order valence-electron chi connectivity index (χ0n) is 10.9. The van der Waals surface area contributed by atoms with Gasteiger partial charge in [0.1, 0.15) is 5.84 Å². The Morgan fingerprint density at radius 1 is 1.11 bits per heavy atom. The number of para-hydroxylation sites is 1. The molecule has 2 heterocycles. The first-order chi connectivity index (χ1) is 8.84. The Morgan fingerprint density at radius 3 is 2.61 bits per heavy atom. The quantitative estimate of drug-likeness (QED) is 0.834. The van der Waals surface area contributed by atoms with Crippen LogP contribution >= 0.6 is 0 Å². The molecule has 0 aromatic heterocycles. The smallest absolute Gasteiger partial charge is 0.130 e. The lowest BCUT2D eigenvalue weighted by atomic mass is 10.1. The lowest BCUT2D eigenvalue weighted by Crippen LogP contribution is -2.45. The van der Waals surface area contributed by atoms with E-state index in [-0.39, 0.29) is 0 Å². The zero-order chi connectivity index (χ0) is 12.4. The molecule has 3 rings (SSSR count). The average Bonchev–Trinajstić information content (AvgIpc) is 2.93. The first-order valence-corrected chi connectivity index (χ1v) is 6.66. The fourth-order valence-corrected chi connectivity index (χ4v) is 2.58. The molecule has 1 N–H and O–H groups in total. The summed E-state index contributed by atoms with van der Waals surface area (Å²) in [5, 5.41) is 3.37. The predicted octanol–water partition coefficient (Wildman–Crippen LogP) is 0.788. The normalized spacial score (nSPS) is 20.7. The van der Waals surface area contributed by atoms with E-state index in [1.807, 2.05) is 0 Å². The molecule has 0 aliphatic carbocycles. The summed E-state index contributed by atoms with van der Waals surface area (Å²) in [6, 6.07) is 8.60. The molecule has 4 nitrogen and oxygen atoms in total. The topological polar surface area (TPSA) is 30.9 Å². The van der Waals surface area contributed by atoms with Gasteiger partial charge >= 0.3 is 0 Å². The van der Waals surface area contributed by atoms with Gasteiger partial charge in [-0.05, 0) is 19.2 Å². The van der Waals surface area contributed by atoms with E-state index in [1.165, 1.54) is 11.3 Å². The van der Waals surface area contributed by atoms with Crippen LogP contribution in [0.3, 0.4) is 0 Å². The molecule has 0 bridgehead atoms. The predicted molar refractivity (Wildman–Crippen MR) is 75.6 cm³/mol. The Morgan fingerprint density at radius 2 is 1.89 bits per heavy atom. The maximum atomic E-state index is 4.54. The molecular formula is C14H20N4. The van der Waals surface area contributed by atoms with Crippen molar-refractivity contribution in [3.05, 3.63) is 29.8 Å². The molecule has 96 valence electrons. The summed E-state index contributed by atoms with van der Waals surface area (Å²) < 4.78 is 0. The van der Waals surface area contributed by atoms with Crippen molar-refractivity contribution < 1.29 is 0 Å². The van der Waals surface area contributed by atoms with Gasteiger partial charge in [0, 0.05) is 44.0 Å². The van der Waals surface area contributed by atoms with Crippen molar-refractivity contribution in [3.63, 3.8) is 0 Å². The van der Waals surface area contributed by atoms with Crippen LogP contribution in [-0.4, -0.2) is 57.1 Å². The zero-order valence-corrected chi connectivity index (χ0v) is 10.9. The van der Waals surface area contributed by atoms with Gasteiger partial charge in [0.2, 0.25) is 0 Å². The molecule has 1 saturated heterocycles. The molecule has 2 aliphatic heterocycles. The summed E-state index contributed by atoms with van der Waals surface area (Å²) in [7, 11) is 2.19. The number of anilines is 1. The van der Waals surface area contributed by atoms with Crippen molar-refractivity contribution in [1.82, 2.24) is 10.2 Å². The standard InChI is InChI=1S/C14H20N4/c1-17-8-10-18(11-9-17)13-5-3-2-4-12(13)14-15-6-7-16-14/h2-5H,6-11H2,1H3,(H,15,16). The fraction of sp³-hybridized carbons (Fsp3) is 0.500. The Balaban J connectivity index is 1.87. The monoisotopic (exact) mass is 244 g/mol. The van der Waals surface area contributed by atoms with Crippen molar-refractivity contribution in [3.8, 4) is 0 Å². The molecule has 1 aromatic carbocycles. The molecule has 0 radical (unpaired) electrons. The summed E-state index contributed by atoms with van der Waals surface area (Å²) in [6.07, 6.45) is 0. The highest BCUT2D eigenvalue weighted by atomic mass is 15.2. The molecular weight excluding hydrogens is 224 g/mol. The second kappa shape index (κ2) is 4.98. The van der Waals surface area contributed by atoms with Crippen LogP contribution < -0.4 is 10.2 Å². The second-order valence-electron chi connectivity index (χ2n) is 4.96. The highest BCUT2D eigenvalue weighted by Gasteiger charge is 2.19. The summed E-state index contributed by atoms with van der Waals surface area (Å²) in [4.78, 5) is 9.39. The van der Waals surface area contributed by atoms with Gasteiger partial charge in [-0.15, -0.1) is 0 Å². The third kappa shape index (κ3) is 2.20. The average molecular weight is 244 g/mol. The molecule has 0 amide bonds. The first kappa shape index (κ1) is 11.5. The van der Waals surface area contributed by atoms with Crippen LogP contribution in [0.1, 0.15) is 5.56 Å². The summed E-state index contributed by atoms with van der Waals surface area (Å²) >= 11 is 0. The summed E-state index contributed by atoms with van der Waals surface area (Å²) in [5.41, 5.74) is 2.57. The van der Waals surface area contributed by atoms with E-state index >= 15 is 0 Å². The van der Waals surface area contributed by atoms with Gasteiger partial charge in [0.15, 0.2) is 0 Å². The van der Waals surface area contributed by atoms with Crippen LogP contribution in [0, 0.1) is 0 Å². The molecule has 1 aromatic rings. The maximum absolute atomic E-state index is 4.54. The van der Waals surface area contributed by atoms with Gasteiger partial charge in [0.25, 0.3) is 0 Å². The number of hydrogen-bond acceptors (Lipinski definition) is 4. The van der Waals surface area contributed by atoms with Crippen molar-refractivity contribution in [1.29, 1.82) is 0 Å². The van der Waals surface area contributed by atoms with Crippen LogP contribution in [0.5, 0.6) is 0 Å². The molecule has 1 fully saturated rings. The Labute approximate surface area is 108 Å². The number of likely N-dealkylation sites (N-methyl/N-ethyl adjacent to an activating group) is 1. The van der Waals surface area contributed by atoms with Gasteiger partial charge in [-0.1, -0.05) is 12.1 Å². The number of nitrogens with one attached hydrogen (secondary N) is 1. The lowest BCUT2D eigenvalue weighted by Gasteiger charge is -2.35. The Bertz CT molecular complexity index is 447. The van der Waals surface area contributed by atoms with Gasteiger partial charge < -0.3 is 15.1 Å². The van der Waals surface area contributed by atoms with Crippen molar-refractivity contribution in [2.24, 2.45) is 4.99 Å². The minimum Gasteiger partial charge on any atom is -0.368 e. The summed E-state index contributed by atoms with van der Waals surface area (Å²) in [5.74, 6) is 1.06. The number of aliphatic imine (C=N–C) groups is 1. The Kier molecular flexibility index (Phi) is 3.19. The minimum atomic E-state index is 0.895. The van der Waals surface area contributed by atoms with Gasteiger partial charge in [-0.2, -0.15) is 0 Å². The molecule has 18 heavy (non-hydrogen) atoms. The summed E-state index contributed by atoms with van der Waals surface area (Å²) in [6.45, 7) is 6.32. The van der Waals surface area contributed by atoms with E-state index in [1.54, 1.807) is 0 Å². The van der Waals surface area contributed by atoms with Gasteiger partial charge in [-0.25, -0.2) is 0 Å². The molecule has 2 aliphatic rings. The number of piperazine rings is 1. The molecule has 0 saturated carbocycles. The number of amidine groups is 1. The minimum absolute atomic E-state index is 0.895. The lowest BCUT2D eigenvalue weighted by molar-refractivity contribution is 0.313. The second-order valence-corrected chi connectivity index (χ2v) is 4.96. The van der Waals surface area contributed by atoms with E-state index < -0.39 is 0 Å². The Hall–Kier alpha value is -1.55.